The van der Waals surface area contributed by atoms with Gasteiger partial charge in [0.15, 0.2) is 0 Å². The van der Waals surface area contributed by atoms with Gasteiger partial charge in [-0.3, -0.25) is 9.78 Å². The molecule has 4 rings (SSSR count). The zero-order valence-corrected chi connectivity index (χ0v) is 13.1. The first-order valence-corrected chi connectivity index (χ1v) is 8.06. The zero-order chi connectivity index (χ0) is 16.5. The van der Waals surface area contributed by atoms with Crippen molar-refractivity contribution in [3.05, 3.63) is 48.9 Å². The second-order valence-corrected chi connectivity index (χ2v) is 6.39. The molecular formula is C17H19N5O2. The number of hydrogen-bond acceptors (Lipinski definition) is 4. The number of aliphatic hydroxyl groups excluding tert-OH is 1. The quantitative estimate of drug-likeness (QED) is 0.674. The first-order valence-electron chi connectivity index (χ1n) is 8.06. The molecule has 1 aliphatic carbocycles. The Bertz CT molecular complexity index is 809. The Balaban J connectivity index is 1.41. The molecule has 0 saturated heterocycles. The van der Waals surface area contributed by atoms with E-state index >= 15 is 0 Å². The van der Waals surface area contributed by atoms with Gasteiger partial charge in [0.1, 0.15) is 5.69 Å². The number of carbonyl (C=O) groups excluding carboxylic acids is 1. The Morgan fingerprint density at radius 2 is 2.29 bits per heavy atom. The normalized spacial score (nSPS) is 23.6. The minimum absolute atomic E-state index is 0.196. The van der Waals surface area contributed by atoms with E-state index in [1.54, 1.807) is 31.0 Å². The summed E-state index contributed by atoms with van der Waals surface area (Å²) in [5, 5.41) is 14.1. The van der Waals surface area contributed by atoms with E-state index in [4.69, 9.17) is 0 Å². The first-order chi connectivity index (χ1) is 11.7. The number of aromatic amines is 1. The summed E-state index contributed by atoms with van der Waals surface area (Å²) >= 11 is 0. The molecule has 1 aliphatic rings. The molecule has 0 aliphatic heterocycles. The molecule has 0 spiro atoms. The monoisotopic (exact) mass is 325 g/mol. The van der Waals surface area contributed by atoms with Gasteiger partial charge in [-0.25, -0.2) is 4.98 Å². The van der Waals surface area contributed by atoms with Gasteiger partial charge in [-0.2, -0.15) is 0 Å². The highest BCUT2D eigenvalue weighted by atomic mass is 16.3. The minimum atomic E-state index is -0.520. The fourth-order valence-electron chi connectivity index (χ4n) is 3.46. The molecule has 7 heteroatoms. The van der Waals surface area contributed by atoms with Gasteiger partial charge in [-0.15, -0.1) is 0 Å². The molecule has 3 aromatic rings. The van der Waals surface area contributed by atoms with E-state index in [9.17, 15) is 9.90 Å². The Hall–Kier alpha value is -2.67. The summed E-state index contributed by atoms with van der Waals surface area (Å²) < 4.78 is 2.01. The molecule has 1 unspecified atom stereocenters. The van der Waals surface area contributed by atoms with Crippen molar-refractivity contribution in [3.63, 3.8) is 0 Å². The third-order valence-corrected chi connectivity index (χ3v) is 4.64. The molecule has 0 aromatic carbocycles. The fraction of sp³-hybridized carbons (Fsp3) is 0.353. The maximum Gasteiger partial charge on any atom is 0.268 e. The number of imidazole rings is 1. The van der Waals surface area contributed by atoms with Crippen molar-refractivity contribution in [2.45, 2.75) is 31.5 Å². The van der Waals surface area contributed by atoms with Crippen LogP contribution in [0.15, 0.2) is 43.2 Å². The number of fused-ring (bicyclic) bond motifs is 1. The van der Waals surface area contributed by atoms with Crippen LogP contribution in [0, 0.1) is 5.92 Å². The fourth-order valence-corrected chi connectivity index (χ4v) is 3.46. The number of nitrogens with one attached hydrogen (secondary N) is 2. The number of rotatable bonds is 4. The number of amides is 1. The average Bonchev–Trinajstić information content (AvgIpc) is 3.28. The van der Waals surface area contributed by atoms with Crippen LogP contribution >= 0.6 is 0 Å². The molecule has 3 N–H and O–H groups in total. The number of nitrogens with zero attached hydrogens (tertiary/aromatic N) is 3. The summed E-state index contributed by atoms with van der Waals surface area (Å²) in [6.45, 7) is 0.807. The zero-order valence-electron chi connectivity index (χ0n) is 13.1. The van der Waals surface area contributed by atoms with E-state index in [0.29, 0.717) is 18.0 Å². The lowest BCUT2D eigenvalue weighted by atomic mass is 10.1. The maximum atomic E-state index is 12.5. The van der Waals surface area contributed by atoms with Crippen molar-refractivity contribution in [1.82, 2.24) is 24.8 Å². The van der Waals surface area contributed by atoms with Gasteiger partial charge in [0.2, 0.25) is 0 Å². The van der Waals surface area contributed by atoms with Crippen LogP contribution in [0.4, 0.5) is 0 Å². The van der Waals surface area contributed by atoms with E-state index in [1.165, 1.54) is 0 Å². The molecule has 124 valence electrons. The number of hydrogen-bond donors (Lipinski definition) is 3. The molecule has 3 heterocycles. The predicted molar refractivity (Wildman–Crippen MR) is 88.3 cm³/mol. The van der Waals surface area contributed by atoms with Crippen molar-refractivity contribution in [2.75, 3.05) is 0 Å². The van der Waals surface area contributed by atoms with Crippen LogP contribution in [-0.4, -0.2) is 42.7 Å². The number of carbonyl (C=O) groups is 1. The van der Waals surface area contributed by atoms with Gasteiger partial charge >= 0.3 is 0 Å². The average molecular weight is 325 g/mol. The molecule has 3 aromatic heterocycles. The second kappa shape index (κ2) is 6.09. The lowest BCUT2D eigenvalue weighted by Crippen LogP contribution is -2.40. The van der Waals surface area contributed by atoms with E-state index in [2.05, 4.69) is 20.3 Å². The van der Waals surface area contributed by atoms with Crippen LogP contribution in [0.2, 0.25) is 0 Å². The molecule has 3 atom stereocenters. The van der Waals surface area contributed by atoms with E-state index in [-0.39, 0.29) is 11.9 Å². The summed E-state index contributed by atoms with van der Waals surface area (Å²) in [5.41, 5.74) is 1.36. The lowest BCUT2D eigenvalue weighted by molar-refractivity contribution is 0.0869. The van der Waals surface area contributed by atoms with Gasteiger partial charge < -0.3 is 20.0 Å². The van der Waals surface area contributed by atoms with Crippen molar-refractivity contribution in [2.24, 2.45) is 5.92 Å². The maximum absolute atomic E-state index is 12.5. The van der Waals surface area contributed by atoms with Crippen LogP contribution in [-0.2, 0) is 6.54 Å². The van der Waals surface area contributed by atoms with E-state index in [0.717, 1.165) is 23.9 Å². The van der Waals surface area contributed by atoms with E-state index < -0.39 is 6.10 Å². The molecule has 1 amide bonds. The van der Waals surface area contributed by atoms with E-state index in [1.807, 2.05) is 16.8 Å². The highest BCUT2D eigenvalue weighted by Gasteiger charge is 2.34. The molecule has 1 fully saturated rings. The summed E-state index contributed by atoms with van der Waals surface area (Å²) in [6.07, 6.45) is 9.75. The molecular weight excluding hydrogens is 306 g/mol. The van der Waals surface area contributed by atoms with Crippen molar-refractivity contribution in [1.29, 1.82) is 0 Å². The Morgan fingerprint density at radius 3 is 3.08 bits per heavy atom. The number of aromatic nitrogens is 4. The standard InChI is InChI=1S/C17H19N5O2/c23-16-6-11(9-22-4-3-19-10-22)5-14(16)21-17(24)15-7-12-8-18-2-1-13(12)20-15/h1-4,7-8,10-11,14,16,20,23H,5-6,9H2,(H,21,24)/t11?,14-,16-/m1/s1. The summed E-state index contributed by atoms with van der Waals surface area (Å²) in [4.78, 5) is 23.6. The van der Waals surface area contributed by atoms with Crippen LogP contribution in [0.3, 0.4) is 0 Å². The summed E-state index contributed by atoms with van der Waals surface area (Å²) in [7, 11) is 0. The van der Waals surface area contributed by atoms with Gasteiger partial charge in [0.05, 0.1) is 18.5 Å². The lowest BCUT2D eigenvalue weighted by Gasteiger charge is -2.15. The van der Waals surface area contributed by atoms with Gasteiger partial charge in [-0.05, 0) is 30.9 Å². The minimum Gasteiger partial charge on any atom is -0.391 e. The Kier molecular flexibility index (Phi) is 3.78. The molecule has 7 nitrogen and oxygen atoms in total. The molecule has 0 bridgehead atoms. The topological polar surface area (TPSA) is 95.8 Å². The van der Waals surface area contributed by atoms with Crippen molar-refractivity contribution in [3.8, 4) is 0 Å². The Labute approximate surface area is 138 Å². The first kappa shape index (κ1) is 14.9. The largest absolute Gasteiger partial charge is 0.391 e. The SMILES string of the molecule is O=C(N[C@@H]1CC(Cn2ccnc2)C[C@H]1O)c1cc2cnccc2[nH]1. The van der Waals surface area contributed by atoms with Crippen LogP contribution < -0.4 is 5.32 Å². The number of H-pyrrole nitrogens is 1. The number of aliphatic hydroxyl groups is 1. The smallest absolute Gasteiger partial charge is 0.268 e. The van der Waals surface area contributed by atoms with Crippen LogP contribution in [0.5, 0.6) is 0 Å². The second-order valence-electron chi connectivity index (χ2n) is 6.39. The van der Waals surface area contributed by atoms with Gasteiger partial charge in [0, 0.05) is 42.2 Å². The van der Waals surface area contributed by atoms with Gasteiger partial charge in [0.25, 0.3) is 5.91 Å². The van der Waals surface area contributed by atoms with Gasteiger partial charge in [-0.1, -0.05) is 0 Å². The Morgan fingerprint density at radius 1 is 1.38 bits per heavy atom. The van der Waals surface area contributed by atoms with Crippen LogP contribution in [0.1, 0.15) is 23.3 Å². The van der Waals surface area contributed by atoms with Crippen molar-refractivity contribution >= 4 is 16.8 Å². The van der Waals surface area contributed by atoms with Crippen LogP contribution in [0.25, 0.3) is 10.9 Å². The summed E-state index contributed by atoms with van der Waals surface area (Å²) in [5.74, 6) is 0.130. The third kappa shape index (κ3) is 2.90. The molecule has 1 saturated carbocycles. The highest BCUT2D eigenvalue weighted by Crippen LogP contribution is 2.28. The van der Waals surface area contributed by atoms with Crippen molar-refractivity contribution < 1.29 is 9.90 Å². The molecule has 0 radical (unpaired) electrons. The molecule has 24 heavy (non-hydrogen) atoms. The highest BCUT2D eigenvalue weighted by molar-refractivity contribution is 5.97. The third-order valence-electron chi connectivity index (χ3n) is 4.64. The summed E-state index contributed by atoms with van der Waals surface area (Å²) in [6, 6.07) is 3.38. The number of pyridine rings is 1. The predicted octanol–water partition coefficient (Wildman–Crippen LogP) is 1.33.